The van der Waals surface area contributed by atoms with E-state index in [1.165, 1.54) is 6.07 Å². The summed E-state index contributed by atoms with van der Waals surface area (Å²) in [5.41, 5.74) is 5.05. The maximum atomic E-state index is 14.2. The van der Waals surface area contributed by atoms with Gasteiger partial charge < -0.3 is 4.74 Å². The third-order valence-electron chi connectivity index (χ3n) is 6.65. The van der Waals surface area contributed by atoms with Crippen LogP contribution < -0.4 is 10.3 Å². The Morgan fingerprint density at radius 2 is 1.61 bits per heavy atom. The lowest BCUT2D eigenvalue weighted by atomic mass is 10.1. The van der Waals surface area contributed by atoms with Crippen LogP contribution in [0.5, 0.6) is 5.75 Å². The quantitative estimate of drug-likeness (QED) is 0.204. The van der Waals surface area contributed by atoms with E-state index in [2.05, 4.69) is 28.8 Å². The smallest absolute Gasteiger partial charge is 0.277 e. The SMILES string of the molecule is CC.CC.CC.Cc1cnc(COc2cc(C)n(-c3cc(-c4nc(C(C)C)ncc4C4CC4)ncc3C)c(=O)c2Cl)c(F)c1. The molecule has 0 saturated heterocycles. The van der Waals surface area contributed by atoms with E-state index >= 15 is 0 Å². The minimum Gasteiger partial charge on any atom is -0.485 e. The van der Waals surface area contributed by atoms with Crippen LogP contribution in [0.1, 0.15) is 114 Å². The van der Waals surface area contributed by atoms with Crippen molar-refractivity contribution < 1.29 is 9.13 Å². The van der Waals surface area contributed by atoms with E-state index in [-0.39, 0.29) is 29.0 Å². The predicted molar refractivity (Wildman–Crippen MR) is 179 cm³/mol. The Morgan fingerprint density at radius 3 is 2.20 bits per heavy atom. The maximum absolute atomic E-state index is 14.2. The lowest BCUT2D eigenvalue weighted by Crippen LogP contribution is -2.23. The number of pyridine rings is 3. The van der Waals surface area contributed by atoms with Gasteiger partial charge in [-0.3, -0.25) is 19.3 Å². The zero-order valence-corrected chi connectivity index (χ0v) is 28.8. The van der Waals surface area contributed by atoms with Gasteiger partial charge in [-0.2, -0.15) is 0 Å². The molecule has 4 aromatic rings. The molecule has 4 aromatic heterocycles. The minimum absolute atomic E-state index is 0.0938. The van der Waals surface area contributed by atoms with E-state index in [0.29, 0.717) is 28.6 Å². The first kappa shape index (κ1) is 36.5. The van der Waals surface area contributed by atoms with Crippen LogP contribution in [-0.2, 0) is 6.61 Å². The third kappa shape index (κ3) is 8.50. The average molecular weight is 624 g/mol. The molecule has 238 valence electrons. The van der Waals surface area contributed by atoms with E-state index in [9.17, 15) is 9.18 Å². The second kappa shape index (κ2) is 17.0. The van der Waals surface area contributed by atoms with Crippen LogP contribution >= 0.6 is 11.6 Å². The summed E-state index contributed by atoms with van der Waals surface area (Å²) in [6.45, 7) is 21.4. The van der Waals surface area contributed by atoms with Crippen LogP contribution in [0.3, 0.4) is 0 Å². The molecule has 0 bridgehead atoms. The van der Waals surface area contributed by atoms with Crippen LogP contribution in [0.15, 0.2) is 41.6 Å². The monoisotopic (exact) mass is 623 g/mol. The van der Waals surface area contributed by atoms with E-state index in [1.807, 2.05) is 60.7 Å². The molecule has 4 heterocycles. The van der Waals surface area contributed by atoms with Crippen LogP contribution in [0.25, 0.3) is 17.1 Å². The van der Waals surface area contributed by atoms with Gasteiger partial charge in [0, 0.05) is 41.8 Å². The molecule has 0 amide bonds. The number of rotatable bonds is 7. The third-order valence-corrected chi connectivity index (χ3v) is 6.99. The number of aryl methyl sites for hydroxylation is 3. The van der Waals surface area contributed by atoms with Crippen molar-refractivity contribution in [3.8, 4) is 22.8 Å². The van der Waals surface area contributed by atoms with E-state index in [0.717, 1.165) is 35.5 Å². The van der Waals surface area contributed by atoms with Gasteiger partial charge in [0.2, 0.25) is 0 Å². The highest BCUT2D eigenvalue weighted by Gasteiger charge is 2.29. The fourth-order valence-corrected chi connectivity index (χ4v) is 4.56. The number of halogens is 2. The fraction of sp³-hybridized carbons (Fsp3) is 0.457. The van der Waals surface area contributed by atoms with Crippen molar-refractivity contribution in [1.82, 2.24) is 24.5 Å². The maximum Gasteiger partial charge on any atom is 0.277 e. The Morgan fingerprint density at radius 1 is 0.955 bits per heavy atom. The molecule has 0 aliphatic heterocycles. The average Bonchev–Trinajstić information content (AvgIpc) is 3.88. The van der Waals surface area contributed by atoms with Crippen molar-refractivity contribution in [2.45, 2.75) is 107 Å². The zero-order valence-electron chi connectivity index (χ0n) is 28.0. The Hall–Kier alpha value is -3.65. The number of hydrogen-bond acceptors (Lipinski definition) is 6. The van der Waals surface area contributed by atoms with Crippen molar-refractivity contribution in [1.29, 1.82) is 0 Å². The standard InChI is InChI=1S/C29H29ClFN5O2.3C2H6/c1-15(2)28-34-13-20(19-6-7-19)27(35-28)22-10-24(17(4)12-33-22)36-18(5)9-25(26(30)29(36)37)38-14-23-21(31)8-16(3)11-32-23;3*1-2/h8-13,15,19H,6-7,14H2,1-5H3;3*1-2H3. The molecular weight excluding hydrogens is 577 g/mol. The van der Waals surface area contributed by atoms with Crippen LogP contribution in [0.2, 0.25) is 5.02 Å². The van der Waals surface area contributed by atoms with Gasteiger partial charge in [0.15, 0.2) is 0 Å². The second-order valence-corrected chi connectivity index (χ2v) is 10.5. The van der Waals surface area contributed by atoms with Gasteiger partial charge in [-0.05, 0) is 62.8 Å². The van der Waals surface area contributed by atoms with Gasteiger partial charge in [-0.1, -0.05) is 67.0 Å². The van der Waals surface area contributed by atoms with Crippen molar-refractivity contribution in [2.75, 3.05) is 0 Å². The molecule has 0 atom stereocenters. The van der Waals surface area contributed by atoms with Crippen LogP contribution in [-0.4, -0.2) is 24.5 Å². The normalized spacial score (nSPS) is 11.9. The van der Waals surface area contributed by atoms with E-state index < -0.39 is 11.4 Å². The predicted octanol–water partition coefficient (Wildman–Crippen LogP) is 9.46. The van der Waals surface area contributed by atoms with Crippen LogP contribution in [0.4, 0.5) is 4.39 Å². The van der Waals surface area contributed by atoms with Gasteiger partial charge in [-0.25, -0.2) is 14.4 Å². The lowest BCUT2D eigenvalue weighted by molar-refractivity contribution is 0.293. The largest absolute Gasteiger partial charge is 0.485 e. The molecule has 0 aromatic carbocycles. The molecule has 1 fully saturated rings. The number of hydrogen-bond donors (Lipinski definition) is 0. The van der Waals surface area contributed by atoms with E-state index in [1.54, 1.807) is 36.9 Å². The summed E-state index contributed by atoms with van der Waals surface area (Å²) in [6.07, 6.45) is 7.44. The Bertz CT molecular complexity index is 1600. The minimum atomic E-state index is -0.470. The van der Waals surface area contributed by atoms with Crippen molar-refractivity contribution in [2.24, 2.45) is 0 Å². The highest BCUT2D eigenvalue weighted by molar-refractivity contribution is 6.31. The van der Waals surface area contributed by atoms with Gasteiger partial charge in [0.1, 0.15) is 34.7 Å². The van der Waals surface area contributed by atoms with Gasteiger partial charge >= 0.3 is 0 Å². The summed E-state index contributed by atoms with van der Waals surface area (Å²) in [4.78, 5) is 31.7. The highest BCUT2D eigenvalue weighted by atomic mass is 35.5. The van der Waals surface area contributed by atoms with Crippen molar-refractivity contribution in [3.05, 3.63) is 91.9 Å². The van der Waals surface area contributed by atoms with Crippen molar-refractivity contribution >= 4 is 11.6 Å². The Balaban J connectivity index is 0.00000106. The molecule has 44 heavy (non-hydrogen) atoms. The second-order valence-electron chi connectivity index (χ2n) is 10.2. The number of nitrogens with zero attached hydrogens (tertiary/aromatic N) is 5. The number of ether oxygens (including phenoxy) is 1. The molecule has 0 spiro atoms. The Labute approximate surface area is 267 Å². The number of aromatic nitrogens is 5. The van der Waals surface area contributed by atoms with Crippen molar-refractivity contribution in [3.63, 3.8) is 0 Å². The molecular formula is C35H47ClFN5O2. The summed E-state index contributed by atoms with van der Waals surface area (Å²) in [6, 6.07) is 4.94. The molecule has 1 aliphatic rings. The summed E-state index contributed by atoms with van der Waals surface area (Å²) >= 11 is 6.48. The zero-order chi connectivity index (χ0) is 33.1. The molecule has 5 rings (SSSR count). The van der Waals surface area contributed by atoms with E-state index in [4.69, 9.17) is 21.3 Å². The summed E-state index contributed by atoms with van der Waals surface area (Å²) in [5.74, 6) is 1.06. The highest BCUT2D eigenvalue weighted by Crippen LogP contribution is 2.43. The molecule has 0 radical (unpaired) electrons. The molecule has 0 unspecified atom stereocenters. The van der Waals surface area contributed by atoms with Gasteiger partial charge in [0.25, 0.3) is 5.56 Å². The molecule has 0 N–H and O–H groups in total. The van der Waals surface area contributed by atoms with Gasteiger partial charge in [0.05, 0.1) is 17.1 Å². The first-order chi connectivity index (χ1) is 21.1. The first-order valence-corrected chi connectivity index (χ1v) is 16.0. The van der Waals surface area contributed by atoms with Gasteiger partial charge in [-0.15, -0.1) is 0 Å². The topological polar surface area (TPSA) is 82.8 Å². The molecule has 7 nitrogen and oxygen atoms in total. The molecule has 1 aliphatic carbocycles. The summed E-state index contributed by atoms with van der Waals surface area (Å²) in [5, 5.41) is -0.0938. The molecule has 9 heteroatoms. The fourth-order valence-electron chi connectivity index (χ4n) is 4.36. The lowest BCUT2D eigenvalue weighted by Gasteiger charge is -2.17. The summed E-state index contributed by atoms with van der Waals surface area (Å²) in [7, 11) is 0. The summed E-state index contributed by atoms with van der Waals surface area (Å²) < 4.78 is 21.5. The molecule has 1 saturated carbocycles. The Kier molecular flexibility index (Phi) is 14.1. The first-order valence-electron chi connectivity index (χ1n) is 15.6. The van der Waals surface area contributed by atoms with Crippen LogP contribution in [0, 0.1) is 26.6 Å².